The molecule has 0 unspecified atom stereocenters. The Balaban J connectivity index is -0.000000115. The normalized spacial score (nSPS) is 6.25. The molecule has 0 radical (unpaired) electrons. The van der Waals surface area contributed by atoms with Crippen molar-refractivity contribution in [2.75, 3.05) is 6.61 Å². The molecule has 5 heteroatoms. The fraction of sp³-hybridized carbons (Fsp3) is 0.429. The van der Waals surface area contributed by atoms with E-state index in [1.165, 1.54) is 6.92 Å². The van der Waals surface area contributed by atoms with Crippen LogP contribution >= 0.6 is 0 Å². The van der Waals surface area contributed by atoms with Crippen LogP contribution in [0.1, 0.15) is 13.8 Å². The van der Waals surface area contributed by atoms with Crippen LogP contribution < -0.4 is 0 Å². The molecule has 0 bridgehead atoms. The third-order valence-corrected chi connectivity index (χ3v) is 0.365. The largest absolute Gasteiger partial charge is 0.483 e. The fourth-order valence-electron chi connectivity index (χ4n) is 0. The fourth-order valence-corrected chi connectivity index (χ4v) is 0. The lowest BCUT2D eigenvalue weighted by atomic mass is 10.4. The van der Waals surface area contributed by atoms with Gasteiger partial charge in [0.25, 0.3) is 6.47 Å². The van der Waals surface area contributed by atoms with Crippen molar-refractivity contribution in [3.8, 4) is 0 Å². The van der Waals surface area contributed by atoms with Crippen LogP contribution in [0.25, 0.3) is 0 Å². The summed E-state index contributed by atoms with van der Waals surface area (Å²) in [7, 11) is 0. The molecular weight excluding hydrogens is 164 g/mol. The van der Waals surface area contributed by atoms with E-state index in [0.29, 0.717) is 0 Å². The summed E-state index contributed by atoms with van der Waals surface area (Å²) in [6, 6.07) is 0. The van der Waals surface area contributed by atoms with E-state index in [0.717, 1.165) is 0 Å². The SMILES string of the molecule is C=C(C)C(=O)O.CCO.O=CO. The molecule has 0 aromatic rings. The summed E-state index contributed by atoms with van der Waals surface area (Å²) in [6.45, 7) is 6.28. The van der Waals surface area contributed by atoms with Gasteiger partial charge in [0.2, 0.25) is 0 Å². The molecule has 3 N–H and O–H groups in total. The van der Waals surface area contributed by atoms with Crippen LogP contribution in [-0.4, -0.2) is 34.4 Å². The average Bonchev–Trinajstić information content (AvgIpc) is 1.90. The molecule has 0 aliphatic heterocycles. The second-order valence-electron chi connectivity index (χ2n) is 1.51. The van der Waals surface area contributed by atoms with E-state index < -0.39 is 5.97 Å². The number of aliphatic hydroxyl groups is 1. The monoisotopic (exact) mass is 178 g/mol. The van der Waals surface area contributed by atoms with Gasteiger partial charge in [0.05, 0.1) is 0 Å². The Bertz CT molecular complexity index is 118. The Kier molecular flexibility index (Phi) is 23.0. The van der Waals surface area contributed by atoms with Gasteiger partial charge in [-0.3, -0.25) is 4.79 Å². The van der Waals surface area contributed by atoms with Crippen molar-refractivity contribution in [2.24, 2.45) is 0 Å². The topological polar surface area (TPSA) is 94.8 Å². The minimum absolute atomic E-state index is 0.176. The summed E-state index contributed by atoms with van der Waals surface area (Å²) in [4.78, 5) is 18.0. The molecule has 0 saturated heterocycles. The zero-order valence-electron chi connectivity index (χ0n) is 7.15. The van der Waals surface area contributed by atoms with E-state index in [1.807, 2.05) is 0 Å². The van der Waals surface area contributed by atoms with Crippen LogP contribution in [0.4, 0.5) is 0 Å². The van der Waals surface area contributed by atoms with Crippen molar-refractivity contribution in [1.29, 1.82) is 0 Å². The second-order valence-corrected chi connectivity index (χ2v) is 1.51. The van der Waals surface area contributed by atoms with E-state index >= 15 is 0 Å². The van der Waals surface area contributed by atoms with Crippen molar-refractivity contribution < 1.29 is 24.9 Å². The van der Waals surface area contributed by atoms with Gasteiger partial charge < -0.3 is 15.3 Å². The maximum atomic E-state index is 9.60. The first-order valence-electron chi connectivity index (χ1n) is 3.05. The molecule has 0 amide bonds. The van der Waals surface area contributed by atoms with E-state index in [2.05, 4.69) is 6.58 Å². The summed E-state index contributed by atoms with van der Waals surface area (Å²) in [5.41, 5.74) is 0.176. The van der Waals surface area contributed by atoms with Crippen LogP contribution in [0.15, 0.2) is 12.2 Å². The first kappa shape index (κ1) is 16.9. The van der Waals surface area contributed by atoms with Gasteiger partial charge in [-0.05, 0) is 13.8 Å². The van der Waals surface area contributed by atoms with Crippen LogP contribution in [0, 0.1) is 0 Å². The molecule has 12 heavy (non-hydrogen) atoms. The molecule has 5 nitrogen and oxygen atoms in total. The predicted octanol–water partition coefficient (Wildman–Crippen LogP) is 0.346. The highest BCUT2D eigenvalue weighted by Crippen LogP contribution is 1.81. The summed E-state index contributed by atoms with van der Waals surface area (Å²) in [5, 5.41) is 22.3. The van der Waals surface area contributed by atoms with Gasteiger partial charge in [-0.1, -0.05) is 6.58 Å². The molecule has 72 valence electrons. The van der Waals surface area contributed by atoms with Crippen molar-refractivity contribution >= 4 is 12.4 Å². The highest BCUT2D eigenvalue weighted by atomic mass is 16.4. The Morgan fingerprint density at radius 2 is 1.67 bits per heavy atom. The molecule has 0 fully saturated rings. The smallest absolute Gasteiger partial charge is 0.330 e. The van der Waals surface area contributed by atoms with Gasteiger partial charge >= 0.3 is 5.97 Å². The minimum atomic E-state index is -0.935. The molecule has 0 rings (SSSR count). The summed E-state index contributed by atoms with van der Waals surface area (Å²) < 4.78 is 0. The third kappa shape index (κ3) is 72.4. The Labute approximate surface area is 71.0 Å². The van der Waals surface area contributed by atoms with Gasteiger partial charge in [0.1, 0.15) is 0 Å². The summed E-state index contributed by atoms with van der Waals surface area (Å²) in [6.07, 6.45) is 0. The quantitative estimate of drug-likeness (QED) is 0.397. The zero-order valence-corrected chi connectivity index (χ0v) is 7.15. The molecule has 0 atom stereocenters. The van der Waals surface area contributed by atoms with Gasteiger partial charge in [-0.25, -0.2) is 4.79 Å². The van der Waals surface area contributed by atoms with E-state index in [1.54, 1.807) is 6.92 Å². The Morgan fingerprint density at radius 3 is 1.67 bits per heavy atom. The van der Waals surface area contributed by atoms with E-state index in [-0.39, 0.29) is 18.7 Å². The van der Waals surface area contributed by atoms with E-state index in [4.69, 9.17) is 20.1 Å². The predicted molar refractivity (Wildman–Crippen MR) is 43.9 cm³/mol. The van der Waals surface area contributed by atoms with E-state index in [9.17, 15) is 4.79 Å². The Hall–Kier alpha value is -1.36. The molecule has 0 heterocycles. The average molecular weight is 178 g/mol. The highest BCUT2D eigenvalue weighted by Gasteiger charge is 1.90. The maximum Gasteiger partial charge on any atom is 0.330 e. The number of carbonyl (C=O) groups is 2. The second kappa shape index (κ2) is 16.3. The van der Waals surface area contributed by atoms with Crippen molar-refractivity contribution in [3.63, 3.8) is 0 Å². The van der Waals surface area contributed by atoms with Crippen molar-refractivity contribution in [2.45, 2.75) is 13.8 Å². The third-order valence-electron chi connectivity index (χ3n) is 0.365. The van der Waals surface area contributed by atoms with Gasteiger partial charge in [0.15, 0.2) is 0 Å². The van der Waals surface area contributed by atoms with Gasteiger partial charge in [-0.2, -0.15) is 0 Å². The lowest BCUT2D eigenvalue weighted by molar-refractivity contribution is -0.132. The lowest BCUT2D eigenvalue weighted by Crippen LogP contribution is -1.92. The number of aliphatic carboxylic acids is 1. The van der Waals surface area contributed by atoms with Gasteiger partial charge in [0, 0.05) is 12.2 Å². The minimum Gasteiger partial charge on any atom is -0.483 e. The summed E-state index contributed by atoms with van der Waals surface area (Å²) >= 11 is 0. The number of hydrogen-bond donors (Lipinski definition) is 3. The van der Waals surface area contributed by atoms with Crippen molar-refractivity contribution in [1.82, 2.24) is 0 Å². The van der Waals surface area contributed by atoms with Crippen LogP contribution in [-0.2, 0) is 9.59 Å². The standard InChI is InChI=1S/C4H6O2.C2H6O.CH2O2/c1-3(2)4(5)6;1-2-3;2-1-3/h1H2,2H3,(H,5,6);3H,2H2,1H3;1H,(H,2,3). The molecule has 0 aliphatic rings. The Morgan fingerprint density at radius 1 is 1.58 bits per heavy atom. The number of rotatable bonds is 1. The van der Waals surface area contributed by atoms with Gasteiger partial charge in [-0.15, -0.1) is 0 Å². The van der Waals surface area contributed by atoms with Crippen molar-refractivity contribution in [3.05, 3.63) is 12.2 Å². The van der Waals surface area contributed by atoms with Crippen LogP contribution in [0.2, 0.25) is 0 Å². The number of carboxylic acid groups (broad SMARTS) is 2. The zero-order chi connectivity index (χ0) is 10.6. The molecule has 0 spiro atoms. The number of hydrogen-bond acceptors (Lipinski definition) is 3. The maximum absolute atomic E-state index is 9.60. The van der Waals surface area contributed by atoms with Crippen LogP contribution in [0.3, 0.4) is 0 Å². The molecule has 0 aromatic heterocycles. The first-order chi connectivity index (χ1) is 5.47. The van der Waals surface area contributed by atoms with Crippen LogP contribution in [0.5, 0.6) is 0 Å². The highest BCUT2D eigenvalue weighted by molar-refractivity contribution is 5.84. The lowest BCUT2D eigenvalue weighted by Gasteiger charge is -1.79. The molecule has 0 saturated carbocycles. The molecular formula is C7H14O5. The number of carboxylic acids is 1. The number of aliphatic hydroxyl groups excluding tert-OH is 1. The molecule has 0 aromatic carbocycles. The molecule has 0 aliphatic carbocycles. The summed E-state index contributed by atoms with van der Waals surface area (Å²) in [5.74, 6) is -0.935. The first-order valence-corrected chi connectivity index (χ1v) is 3.05.